The van der Waals surface area contributed by atoms with Crippen molar-refractivity contribution in [1.82, 2.24) is 4.90 Å². The largest absolute Gasteiger partial charge is 0.333 e. The van der Waals surface area contributed by atoms with Crippen molar-refractivity contribution in [3.05, 3.63) is 71.0 Å². The van der Waals surface area contributed by atoms with Crippen molar-refractivity contribution in [3.8, 4) is 0 Å². The van der Waals surface area contributed by atoms with E-state index in [1.807, 2.05) is 30.3 Å². The summed E-state index contributed by atoms with van der Waals surface area (Å²) in [5.41, 5.74) is 1.95. The minimum absolute atomic E-state index is 0.123. The molecule has 110 valence electrons. The highest BCUT2D eigenvalue weighted by atomic mass is 79.9. The Hall–Kier alpha value is -1.68. The van der Waals surface area contributed by atoms with Gasteiger partial charge in [-0.05, 0) is 30.2 Å². The van der Waals surface area contributed by atoms with Gasteiger partial charge in [0.25, 0.3) is 5.91 Å². The molecule has 0 heterocycles. The summed E-state index contributed by atoms with van der Waals surface area (Å²) < 4.78 is 14.0. The second kappa shape index (κ2) is 7.36. The second-order valence-corrected chi connectivity index (χ2v) is 5.68. The predicted octanol–water partition coefficient (Wildman–Crippen LogP) is 4.17. The van der Waals surface area contributed by atoms with Gasteiger partial charge >= 0.3 is 0 Å². The molecule has 0 aliphatic carbocycles. The van der Waals surface area contributed by atoms with Crippen molar-refractivity contribution in [2.75, 3.05) is 11.9 Å². The molecule has 0 atom stereocenters. The Morgan fingerprint density at radius 3 is 2.52 bits per heavy atom. The number of rotatable bonds is 5. The van der Waals surface area contributed by atoms with Gasteiger partial charge < -0.3 is 4.90 Å². The fraction of sp³-hybridized carbons (Fsp3) is 0.235. The number of nitrogens with zero attached hydrogens (tertiary/aromatic N) is 1. The normalized spacial score (nSPS) is 10.4. The first kappa shape index (κ1) is 15.7. The molecule has 2 aromatic carbocycles. The lowest BCUT2D eigenvalue weighted by Crippen LogP contribution is -2.32. The van der Waals surface area contributed by atoms with Crippen LogP contribution < -0.4 is 0 Å². The molecule has 0 saturated carbocycles. The zero-order valence-electron chi connectivity index (χ0n) is 11.9. The number of hydrogen-bond acceptors (Lipinski definition) is 1. The molecule has 21 heavy (non-hydrogen) atoms. The molecule has 4 heteroatoms. The summed E-state index contributed by atoms with van der Waals surface area (Å²) in [6.45, 7) is 2.80. The van der Waals surface area contributed by atoms with Crippen LogP contribution in [0.15, 0.2) is 48.5 Å². The van der Waals surface area contributed by atoms with E-state index in [0.29, 0.717) is 18.4 Å². The van der Waals surface area contributed by atoms with Gasteiger partial charge in [-0.1, -0.05) is 52.3 Å². The van der Waals surface area contributed by atoms with E-state index in [1.165, 1.54) is 6.07 Å². The topological polar surface area (TPSA) is 20.3 Å². The molecule has 2 aromatic rings. The average Bonchev–Trinajstić information content (AvgIpc) is 2.47. The van der Waals surface area contributed by atoms with Crippen molar-refractivity contribution in [3.63, 3.8) is 0 Å². The van der Waals surface area contributed by atoms with E-state index in [0.717, 1.165) is 11.1 Å². The molecule has 0 aliphatic rings. The quantitative estimate of drug-likeness (QED) is 0.741. The number of hydrogen-bond donors (Lipinski definition) is 0. The fourth-order valence-electron chi connectivity index (χ4n) is 2.12. The van der Waals surface area contributed by atoms with E-state index < -0.39 is 5.82 Å². The zero-order valence-corrected chi connectivity index (χ0v) is 13.4. The SMILES string of the molecule is Cc1ccc(C(=O)N(CCBr)Cc2ccccc2)c(F)c1. The van der Waals surface area contributed by atoms with Crippen LogP contribution in [0.25, 0.3) is 0 Å². The van der Waals surface area contributed by atoms with Crippen LogP contribution in [0.1, 0.15) is 21.5 Å². The predicted molar refractivity (Wildman–Crippen MR) is 86.1 cm³/mol. The molecule has 0 aromatic heterocycles. The molecule has 0 unspecified atom stereocenters. The highest BCUT2D eigenvalue weighted by Gasteiger charge is 2.19. The second-order valence-electron chi connectivity index (χ2n) is 4.88. The number of halogens is 2. The number of aryl methyl sites for hydroxylation is 1. The lowest BCUT2D eigenvalue weighted by atomic mass is 10.1. The van der Waals surface area contributed by atoms with E-state index in [-0.39, 0.29) is 11.5 Å². The first-order chi connectivity index (χ1) is 10.1. The third kappa shape index (κ3) is 4.14. The minimum atomic E-state index is -0.465. The van der Waals surface area contributed by atoms with Crippen molar-refractivity contribution in [2.45, 2.75) is 13.5 Å². The lowest BCUT2D eigenvalue weighted by molar-refractivity contribution is 0.0750. The molecule has 0 aliphatic heterocycles. The van der Waals surface area contributed by atoms with Gasteiger partial charge in [0.05, 0.1) is 5.56 Å². The molecule has 0 bridgehead atoms. The van der Waals surface area contributed by atoms with Crippen molar-refractivity contribution >= 4 is 21.8 Å². The Bertz CT molecular complexity index is 615. The number of amides is 1. The maximum absolute atomic E-state index is 14.0. The van der Waals surface area contributed by atoms with Crippen molar-refractivity contribution in [2.24, 2.45) is 0 Å². The first-order valence-corrected chi connectivity index (χ1v) is 7.89. The highest BCUT2D eigenvalue weighted by Crippen LogP contribution is 2.15. The number of benzene rings is 2. The van der Waals surface area contributed by atoms with E-state index in [1.54, 1.807) is 24.0 Å². The summed E-state index contributed by atoms with van der Waals surface area (Å²) in [5.74, 6) is -0.747. The monoisotopic (exact) mass is 349 g/mol. The van der Waals surface area contributed by atoms with Crippen LogP contribution in [0.2, 0.25) is 0 Å². The summed E-state index contributed by atoms with van der Waals surface area (Å²) >= 11 is 3.35. The molecular formula is C17H17BrFNO. The Labute approximate surface area is 132 Å². The van der Waals surface area contributed by atoms with Crippen molar-refractivity contribution < 1.29 is 9.18 Å². The van der Waals surface area contributed by atoms with Gasteiger partial charge in [0, 0.05) is 18.4 Å². The third-order valence-corrected chi connectivity index (χ3v) is 3.57. The van der Waals surface area contributed by atoms with Crippen LogP contribution in [0.3, 0.4) is 0 Å². The van der Waals surface area contributed by atoms with Gasteiger partial charge in [-0.2, -0.15) is 0 Å². The number of carbonyl (C=O) groups is 1. The summed E-state index contributed by atoms with van der Waals surface area (Å²) in [6, 6.07) is 14.4. The van der Waals surface area contributed by atoms with Crippen LogP contribution in [0, 0.1) is 12.7 Å². The molecular weight excluding hydrogens is 333 g/mol. The van der Waals surface area contributed by atoms with Gasteiger partial charge in [0.15, 0.2) is 0 Å². The molecule has 2 rings (SSSR count). The standard InChI is InChI=1S/C17H17BrFNO/c1-13-7-8-15(16(19)11-13)17(21)20(10-9-18)12-14-5-3-2-4-6-14/h2-8,11H,9-10,12H2,1H3. The molecule has 0 fully saturated rings. The van der Waals surface area contributed by atoms with Crippen molar-refractivity contribution in [1.29, 1.82) is 0 Å². The van der Waals surface area contributed by atoms with Crippen LogP contribution in [-0.4, -0.2) is 22.7 Å². The van der Waals surface area contributed by atoms with E-state index in [2.05, 4.69) is 15.9 Å². The summed E-state index contributed by atoms with van der Waals surface area (Å²) in [4.78, 5) is 14.2. The molecule has 0 radical (unpaired) electrons. The van der Waals surface area contributed by atoms with Crippen LogP contribution >= 0.6 is 15.9 Å². The van der Waals surface area contributed by atoms with Crippen LogP contribution in [0.5, 0.6) is 0 Å². The van der Waals surface area contributed by atoms with Gasteiger partial charge in [0.2, 0.25) is 0 Å². The molecule has 0 N–H and O–H groups in total. The van der Waals surface area contributed by atoms with Gasteiger partial charge in [-0.25, -0.2) is 4.39 Å². The van der Waals surface area contributed by atoms with Gasteiger partial charge in [-0.3, -0.25) is 4.79 Å². The Morgan fingerprint density at radius 2 is 1.90 bits per heavy atom. The highest BCUT2D eigenvalue weighted by molar-refractivity contribution is 9.09. The average molecular weight is 350 g/mol. The number of alkyl halides is 1. The maximum Gasteiger partial charge on any atom is 0.257 e. The first-order valence-electron chi connectivity index (χ1n) is 6.77. The van der Waals surface area contributed by atoms with E-state index >= 15 is 0 Å². The summed E-state index contributed by atoms with van der Waals surface area (Å²) in [5, 5.41) is 0.652. The molecule has 1 amide bonds. The van der Waals surface area contributed by atoms with Gasteiger partial charge in [-0.15, -0.1) is 0 Å². The Balaban J connectivity index is 2.23. The lowest BCUT2D eigenvalue weighted by Gasteiger charge is -2.22. The third-order valence-electron chi connectivity index (χ3n) is 3.21. The zero-order chi connectivity index (χ0) is 15.2. The maximum atomic E-state index is 14.0. The molecule has 0 saturated heterocycles. The fourth-order valence-corrected chi connectivity index (χ4v) is 2.55. The smallest absolute Gasteiger partial charge is 0.257 e. The minimum Gasteiger partial charge on any atom is -0.333 e. The molecule has 0 spiro atoms. The summed E-state index contributed by atoms with van der Waals surface area (Å²) in [6.07, 6.45) is 0. The number of carbonyl (C=O) groups excluding carboxylic acids is 1. The molecule has 2 nitrogen and oxygen atoms in total. The Morgan fingerprint density at radius 1 is 1.19 bits per heavy atom. The van der Waals surface area contributed by atoms with E-state index in [4.69, 9.17) is 0 Å². The van der Waals surface area contributed by atoms with Crippen LogP contribution in [-0.2, 0) is 6.54 Å². The van der Waals surface area contributed by atoms with E-state index in [9.17, 15) is 9.18 Å². The Kier molecular flexibility index (Phi) is 5.51. The van der Waals surface area contributed by atoms with Crippen LogP contribution in [0.4, 0.5) is 4.39 Å². The summed E-state index contributed by atoms with van der Waals surface area (Å²) in [7, 11) is 0. The van der Waals surface area contributed by atoms with Gasteiger partial charge in [0.1, 0.15) is 5.82 Å².